The van der Waals surface area contributed by atoms with E-state index in [4.69, 9.17) is 0 Å². The van der Waals surface area contributed by atoms with Gasteiger partial charge in [-0.25, -0.2) is 0 Å². The number of allylic oxidation sites excluding steroid dienone is 7. The molecule has 8 aromatic carbocycles. The average molecular weight is 848 g/mol. The molecule has 0 N–H and O–H groups in total. The van der Waals surface area contributed by atoms with Crippen LogP contribution in [0.1, 0.15) is 43.7 Å². The highest BCUT2D eigenvalue weighted by molar-refractivity contribution is 6.11. The summed E-state index contributed by atoms with van der Waals surface area (Å²) in [4.78, 5) is 2.55. The van der Waals surface area contributed by atoms with Crippen molar-refractivity contribution in [1.82, 2.24) is 9.13 Å². The molecule has 2 heterocycles. The van der Waals surface area contributed by atoms with Crippen molar-refractivity contribution in [2.75, 3.05) is 4.90 Å². The van der Waals surface area contributed by atoms with Crippen molar-refractivity contribution in [3.63, 3.8) is 0 Å². The molecular weight excluding hydrogens is 799 g/mol. The fourth-order valence-electron chi connectivity index (χ4n) is 11.7. The Morgan fingerprint density at radius 1 is 0.530 bits per heavy atom. The van der Waals surface area contributed by atoms with Crippen LogP contribution >= 0.6 is 0 Å². The van der Waals surface area contributed by atoms with Crippen molar-refractivity contribution in [2.45, 2.75) is 38.0 Å². The summed E-state index contributed by atoms with van der Waals surface area (Å²) in [6, 6.07) is 69.4. The van der Waals surface area contributed by atoms with Crippen molar-refractivity contribution in [3.05, 3.63) is 247 Å². The molecule has 10 aromatic rings. The largest absolute Gasteiger partial charge is 0.314 e. The van der Waals surface area contributed by atoms with Crippen LogP contribution in [0.25, 0.3) is 77.2 Å². The van der Waals surface area contributed by atoms with Gasteiger partial charge in [-0.3, -0.25) is 0 Å². The fourth-order valence-corrected chi connectivity index (χ4v) is 11.7. The number of rotatable bonds is 7. The molecule has 0 radical (unpaired) electrons. The topological polar surface area (TPSA) is 13.1 Å². The van der Waals surface area contributed by atoms with Crippen molar-refractivity contribution in [3.8, 4) is 33.6 Å². The van der Waals surface area contributed by atoms with Crippen molar-refractivity contribution in [1.29, 1.82) is 0 Å². The molecule has 2 aromatic heterocycles. The molecule has 0 bridgehead atoms. The molecule has 0 spiro atoms. The van der Waals surface area contributed by atoms with E-state index in [0.29, 0.717) is 0 Å². The van der Waals surface area contributed by atoms with Gasteiger partial charge in [0.25, 0.3) is 0 Å². The molecular formula is C63H49N3. The van der Waals surface area contributed by atoms with Crippen LogP contribution in [0.4, 0.5) is 5.69 Å². The Morgan fingerprint density at radius 2 is 1.11 bits per heavy atom. The zero-order chi connectivity index (χ0) is 43.9. The van der Waals surface area contributed by atoms with Gasteiger partial charge >= 0.3 is 0 Å². The van der Waals surface area contributed by atoms with Gasteiger partial charge in [0.1, 0.15) is 0 Å². The van der Waals surface area contributed by atoms with Crippen molar-refractivity contribution in [2.24, 2.45) is 5.92 Å². The quantitative estimate of drug-likeness (QED) is 0.156. The predicted molar refractivity (Wildman–Crippen MR) is 278 cm³/mol. The van der Waals surface area contributed by atoms with Crippen LogP contribution in [0, 0.1) is 5.92 Å². The maximum atomic E-state index is 2.60. The highest BCUT2D eigenvalue weighted by Gasteiger charge is 2.47. The van der Waals surface area contributed by atoms with E-state index in [1.807, 2.05) is 0 Å². The second-order valence-electron chi connectivity index (χ2n) is 18.8. The lowest BCUT2D eigenvalue weighted by Gasteiger charge is -2.36. The molecule has 316 valence electrons. The Bertz CT molecular complexity index is 3610. The summed E-state index contributed by atoms with van der Waals surface area (Å²) in [6.07, 6.45) is 16.4. The third-order valence-electron chi connectivity index (χ3n) is 14.9. The lowest BCUT2D eigenvalue weighted by molar-refractivity contribution is 0.392. The van der Waals surface area contributed by atoms with E-state index in [0.717, 1.165) is 18.5 Å². The molecule has 0 saturated carbocycles. The second-order valence-corrected chi connectivity index (χ2v) is 18.8. The van der Waals surface area contributed by atoms with Crippen molar-refractivity contribution >= 4 is 49.3 Å². The molecule has 3 nitrogen and oxygen atoms in total. The standard InChI is InChI=1S/C63H49N3/c1-63(2)56-24-15-23-50(44-30-34-46(35-31-44)65-58-25-12-9-20-51(58)52-21-10-13-26-59(52)65)62(56)55-39-37-48(40-57(55)63)64(45-18-7-4-8-19-45)49-36-38-54-53-22-11-14-27-60(53)66(61(54)41-49)47-32-28-43(29-33-47)42-16-5-3-6-17-42/h3-7,9-18,20-41,55,57H,8,19H2,1-2H3. The minimum Gasteiger partial charge on any atom is -0.314 e. The van der Waals surface area contributed by atoms with Gasteiger partial charge in [0.15, 0.2) is 0 Å². The van der Waals surface area contributed by atoms with E-state index < -0.39 is 0 Å². The Hall–Kier alpha value is -7.88. The molecule has 13 rings (SSSR count). The lowest BCUT2D eigenvalue weighted by atomic mass is 9.74. The molecule has 0 aliphatic heterocycles. The molecule has 2 unspecified atom stereocenters. The van der Waals surface area contributed by atoms with Crippen molar-refractivity contribution < 1.29 is 0 Å². The number of para-hydroxylation sites is 3. The predicted octanol–water partition coefficient (Wildman–Crippen LogP) is 16.4. The monoisotopic (exact) mass is 847 g/mol. The van der Waals surface area contributed by atoms with Crippen LogP contribution in [-0.2, 0) is 5.41 Å². The number of nitrogens with zero attached hydrogens (tertiary/aromatic N) is 3. The Kier molecular flexibility index (Phi) is 8.83. The smallest absolute Gasteiger partial charge is 0.0561 e. The zero-order valence-corrected chi connectivity index (χ0v) is 37.3. The number of hydrogen-bond acceptors (Lipinski definition) is 1. The maximum absolute atomic E-state index is 2.60. The molecule has 0 saturated heterocycles. The lowest BCUT2D eigenvalue weighted by Crippen LogP contribution is -2.29. The fraction of sp³-hybridized carbons (Fsp3) is 0.111. The summed E-state index contributed by atoms with van der Waals surface area (Å²) in [6.45, 7) is 4.92. The molecule has 3 heteroatoms. The summed E-state index contributed by atoms with van der Waals surface area (Å²) in [7, 11) is 0. The van der Waals surface area contributed by atoms with Crippen LogP contribution in [0.3, 0.4) is 0 Å². The molecule has 0 fully saturated rings. The third-order valence-corrected chi connectivity index (χ3v) is 14.9. The van der Waals surface area contributed by atoms with Gasteiger partial charge in [-0.05, 0) is 124 Å². The highest BCUT2D eigenvalue weighted by atomic mass is 15.2. The number of anilines is 1. The van der Waals surface area contributed by atoms with Gasteiger partial charge in [0.05, 0.1) is 22.1 Å². The Morgan fingerprint density at radius 3 is 1.74 bits per heavy atom. The number of benzene rings is 8. The first-order chi connectivity index (χ1) is 32.5. The molecule has 3 aliphatic carbocycles. The van der Waals surface area contributed by atoms with E-state index in [1.54, 1.807) is 0 Å². The molecule has 3 aliphatic rings. The summed E-state index contributed by atoms with van der Waals surface area (Å²) in [5.74, 6) is 0.545. The summed E-state index contributed by atoms with van der Waals surface area (Å²) >= 11 is 0. The van der Waals surface area contributed by atoms with Crippen LogP contribution in [0.2, 0.25) is 0 Å². The Labute approximate surface area is 386 Å². The van der Waals surface area contributed by atoms with Gasteiger partial charge < -0.3 is 14.0 Å². The van der Waals surface area contributed by atoms with Crippen LogP contribution in [0.15, 0.2) is 236 Å². The van der Waals surface area contributed by atoms with Gasteiger partial charge in [-0.1, -0.05) is 172 Å². The zero-order valence-electron chi connectivity index (χ0n) is 37.3. The normalized spacial score (nSPS) is 17.3. The minimum atomic E-state index is -0.0796. The van der Waals surface area contributed by atoms with Crippen LogP contribution in [-0.4, -0.2) is 9.13 Å². The summed E-state index contributed by atoms with van der Waals surface area (Å²) in [5.41, 5.74) is 18.8. The Balaban J connectivity index is 0.889. The first-order valence-electron chi connectivity index (χ1n) is 23.5. The number of hydrogen-bond donors (Lipinski definition) is 0. The SMILES string of the molecule is CC1(C)c2cccc(-c3ccc(-n4c5ccccc5c5ccccc54)cc3)c2C2C=CC(N(C3=CC=CCC3)c3ccc4c5ccccc5n(-c5ccc(-c6ccccc6)cc5)c4c3)=CC21. The van der Waals surface area contributed by atoms with E-state index in [-0.39, 0.29) is 17.3 Å². The van der Waals surface area contributed by atoms with E-state index >= 15 is 0 Å². The van der Waals surface area contributed by atoms with Crippen LogP contribution < -0.4 is 4.90 Å². The number of aromatic nitrogens is 2. The second kappa shape index (κ2) is 15.1. The minimum absolute atomic E-state index is 0.0796. The third kappa shape index (κ3) is 5.96. The molecule has 2 atom stereocenters. The number of fused-ring (bicyclic) bond motifs is 9. The molecule has 66 heavy (non-hydrogen) atoms. The molecule has 0 amide bonds. The summed E-state index contributed by atoms with van der Waals surface area (Å²) < 4.78 is 4.86. The van der Waals surface area contributed by atoms with E-state index in [9.17, 15) is 0 Å². The average Bonchev–Trinajstić information content (AvgIpc) is 3.97. The van der Waals surface area contributed by atoms with Gasteiger partial charge in [-0.15, -0.1) is 0 Å². The first-order valence-corrected chi connectivity index (χ1v) is 23.5. The van der Waals surface area contributed by atoms with E-state index in [1.165, 1.54) is 99.8 Å². The van der Waals surface area contributed by atoms with Gasteiger partial charge in [0, 0.05) is 55.9 Å². The summed E-state index contributed by atoms with van der Waals surface area (Å²) in [5, 5.41) is 5.09. The maximum Gasteiger partial charge on any atom is 0.0561 e. The first kappa shape index (κ1) is 38.6. The van der Waals surface area contributed by atoms with Gasteiger partial charge in [-0.2, -0.15) is 0 Å². The van der Waals surface area contributed by atoms with E-state index in [2.05, 4.69) is 252 Å². The van der Waals surface area contributed by atoms with Crippen LogP contribution in [0.5, 0.6) is 0 Å². The highest BCUT2D eigenvalue weighted by Crippen LogP contribution is 2.56. The van der Waals surface area contributed by atoms with Gasteiger partial charge in [0.2, 0.25) is 0 Å².